The fourth-order valence-corrected chi connectivity index (χ4v) is 2.39. The van der Waals surface area contributed by atoms with Crippen molar-refractivity contribution in [2.45, 2.75) is 45.6 Å². The number of carbonyl (C=O) groups is 2. The van der Waals surface area contributed by atoms with Gasteiger partial charge in [0.15, 0.2) is 0 Å². The molecule has 4 N–H and O–H groups in total. The Balaban J connectivity index is 0.00000242. The maximum Gasteiger partial charge on any atom is 0.241 e. The van der Waals surface area contributed by atoms with E-state index in [1.165, 1.54) is 0 Å². The lowest BCUT2D eigenvalue weighted by molar-refractivity contribution is -0.118. The van der Waals surface area contributed by atoms with Crippen molar-refractivity contribution in [2.75, 3.05) is 10.6 Å². The summed E-state index contributed by atoms with van der Waals surface area (Å²) in [4.78, 5) is 23.6. The molecule has 0 fully saturated rings. The SMILES string of the molecule is CCC(C)C(N)C(=O)Nc1ccc2c(c1)CCCC(=O)N2.Cl. The van der Waals surface area contributed by atoms with E-state index < -0.39 is 6.04 Å². The van der Waals surface area contributed by atoms with Gasteiger partial charge in [-0.2, -0.15) is 0 Å². The minimum absolute atomic E-state index is 0. The van der Waals surface area contributed by atoms with Gasteiger partial charge in [0.1, 0.15) is 0 Å². The zero-order valence-corrected chi connectivity index (χ0v) is 13.8. The van der Waals surface area contributed by atoms with E-state index in [1.807, 2.05) is 26.0 Å². The van der Waals surface area contributed by atoms with E-state index in [9.17, 15) is 9.59 Å². The molecular weight excluding hydrogens is 302 g/mol. The van der Waals surface area contributed by atoms with Crippen LogP contribution >= 0.6 is 12.4 Å². The lowest BCUT2D eigenvalue weighted by atomic mass is 9.99. The van der Waals surface area contributed by atoms with Crippen molar-refractivity contribution in [3.05, 3.63) is 23.8 Å². The topological polar surface area (TPSA) is 84.2 Å². The largest absolute Gasteiger partial charge is 0.326 e. The quantitative estimate of drug-likeness (QED) is 0.795. The summed E-state index contributed by atoms with van der Waals surface area (Å²) in [5.74, 6) is 0.0244. The molecule has 122 valence electrons. The number of hydrogen-bond acceptors (Lipinski definition) is 3. The maximum atomic E-state index is 12.1. The second kappa shape index (κ2) is 8.15. The minimum Gasteiger partial charge on any atom is -0.326 e. The molecule has 2 rings (SSSR count). The zero-order valence-electron chi connectivity index (χ0n) is 13.0. The van der Waals surface area contributed by atoms with Crippen molar-refractivity contribution >= 4 is 35.6 Å². The molecule has 0 aromatic heterocycles. The van der Waals surface area contributed by atoms with Crippen LogP contribution in [0.1, 0.15) is 38.7 Å². The fraction of sp³-hybridized carbons (Fsp3) is 0.500. The van der Waals surface area contributed by atoms with Crippen molar-refractivity contribution in [2.24, 2.45) is 11.7 Å². The van der Waals surface area contributed by atoms with Gasteiger partial charge in [-0.15, -0.1) is 12.4 Å². The maximum absolute atomic E-state index is 12.1. The number of aryl methyl sites for hydroxylation is 1. The van der Waals surface area contributed by atoms with Gasteiger partial charge in [-0.1, -0.05) is 20.3 Å². The standard InChI is InChI=1S/C16H23N3O2.ClH/c1-3-10(2)15(17)16(21)18-12-7-8-13-11(9-12)5-4-6-14(20)19-13;/h7-10,15H,3-6,17H2,1-2H3,(H,18,21)(H,19,20);1H. The second-order valence-electron chi connectivity index (χ2n) is 5.67. The Morgan fingerprint density at radius 2 is 2.14 bits per heavy atom. The number of amides is 2. The van der Waals surface area contributed by atoms with E-state index in [2.05, 4.69) is 10.6 Å². The molecule has 0 aliphatic carbocycles. The molecule has 1 heterocycles. The predicted molar refractivity (Wildman–Crippen MR) is 91.3 cm³/mol. The number of rotatable bonds is 4. The molecule has 5 nitrogen and oxygen atoms in total. The van der Waals surface area contributed by atoms with Crippen LogP contribution in [0.4, 0.5) is 11.4 Å². The van der Waals surface area contributed by atoms with Crippen molar-refractivity contribution in [1.29, 1.82) is 0 Å². The van der Waals surface area contributed by atoms with Crippen LogP contribution < -0.4 is 16.4 Å². The van der Waals surface area contributed by atoms with Gasteiger partial charge in [-0.05, 0) is 42.5 Å². The number of halogens is 1. The molecule has 1 aliphatic heterocycles. The molecule has 0 bridgehead atoms. The number of nitrogens with two attached hydrogens (primary N) is 1. The molecule has 2 atom stereocenters. The fourth-order valence-electron chi connectivity index (χ4n) is 2.39. The van der Waals surface area contributed by atoms with Crippen LogP contribution in [0, 0.1) is 5.92 Å². The lowest BCUT2D eigenvalue weighted by Crippen LogP contribution is -2.40. The molecular formula is C16H24ClN3O2. The van der Waals surface area contributed by atoms with Crippen molar-refractivity contribution in [1.82, 2.24) is 0 Å². The Morgan fingerprint density at radius 3 is 2.82 bits per heavy atom. The van der Waals surface area contributed by atoms with Crippen LogP contribution in [0.25, 0.3) is 0 Å². The van der Waals surface area contributed by atoms with Gasteiger partial charge in [-0.25, -0.2) is 0 Å². The minimum atomic E-state index is -0.506. The summed E-state index contributed by atoms with van der Waals surface area (Å²) in [6.07, 6.45) is 3.05. The van der Waals surface area contributed by atoms with Gasteiger partial charge in [0.05, 0.1) is 6.04 Å². The van der Waals surface area contributed by atoms with Crippen molar-refractivity contribution < 1.29 is 9.59 Å². The summed E-state index contributed by atoms with van der Waals surface area (Å²) in [5, 5.41) is 5.74. The van der Waals surface area contributed by atoms with E-state index >= 15 is 0 Å². The second-order valence-corrected chi connectivity index (χ2v) is 5.67. The summed E-state index contributed by atoms with van der Waals surface area (Å²) in [6.45, 7) is 3.99. The highest BCUT2D eigenvalue weighted by Gasteiger charge is 2.20. The first kappa shape index (κ1) is 18.5. The van der Waals surface area contributed by atoms with Crippen LogP contribution in [0.2, 0.25) is 0 Å². The van der Waals surface area contributed by atoms with Crippen LogP contribution in [0.3, 0.4) is 0 Å². The summed E-state index contributed by atoms with van der Waals surface area (Å²) in [7, 11) is 0. The molecule has 2 unspecified atom stereocenters. The van der Waals surface area contributed by atoms with E-state index in [4.69, 9.17) is 5.73 Å². The molecule has 0 spiro atoms. The number of nitrogens with one attached hydrogen (secondary N) is 2. The summed E-state index contributed by atoms with van der Waals surface area (Å²) in [5.41, 5.74) is 8.55. The van der Waals surface area contributed by atoms with Gasteiger partial charge in [0, 0.05) is 17.8 Å². The number of carbonyl (C=O) groups excluding carboxylic acids is 2. The Bertz CT molecular complexity index is 548. The Morgan fingerprint density at radius 1 is 1.41 bits per heavy atom. The van der Waals surface area contributed by atoms with E-state index in [1.54, 1.807) is 6.07 Å². The molecule has 1 aliphatic rings. The summed E-state index contributed by atoms with van der Waals surface area (Å²) < 4.78 is 0. The Labute approximate surface area is 137 Å². The first-order valence-corrected chi connectivity index (χ1v) is 7.50. The average Bonchev–Trinajstić information content (AvgIpc) is 2.65. The molecule has 6 heteroatoms. The normalized spacial score (nSPS) is 16.4. The van der Waals surface area contributed by atoms with E-state index in [0.717, 1.165) is 36.2 Å². The first-order chi connectivity index (χ1) is 10.0. The Kier molecular flexibility index (Phi) is 6.84. The third-order valence-corrected chi connectivity index (χ3v) is 4.06. The highest BCUT2D eigenvalue weighted by atomic mass is 35.5. The van der Waals surface area contributed by atoms with Crippen LogP contribution in [-0.2, 0) is 16.0 Å². The number of benzene rings is 1. The predicted octanol–water partition coefficient (Wildman–Crippen LogP) is 2.70. The van der Waals surface area contributed by atoms with E-state index in [0.29, 0.717) is 6.42 Å². The van der Waals surface area contributed by atoms with Crippen LogP contribution in [0.15, 0.2) is 18.2 Å². The van der Waals surface area contributed by atoms with Gasteiger partial charge in [0.2, 0.25) is 11.8 Å². The average molecular weight is 326 g/mol. The highest BCUT2D eigenvalue weighted by Crippen LogP contribution is 2.25. The zero-order chi connectivity index (χ0) is 15.4. The lowest BCUT2D eigenvalue weighted by Gasteiger charge is -2.18. The van der Waals surface area contributed by atoms with Gasteiger partial charge in [0.25, 0.3) is 0 Å². The van der Waals surface area contributed by atoms with Gasteiger partial charge >= 0.3 is 0 Å². The molecule has 0 saturated carbocycles. The van der Waals surface area contributed by atoms with Crippen LogP contribution in [0.5, 0.6) is 0 Å². The van der Waals surface area contributed by atoms with Gasteiger partial charge < -0.3 is 16.4 Å². The number of anilines is 2. The molecule has 2 amide bonds. The Hall–Kier alpha value is -1.59. The van der Waals surface area contributed by atoms with Crippen molar-refractivity contribution in [3.63, 3.8) is 0 Å². The summed E-state index contributed by atoms with van der Waals surface area (Å²) in [6, 6.07) is 5.05. The molecule has 1 aromatic rings. The monoisotopic (exact) mass is 325 g/mol. The third-order valence-electron chi connectivity index (χ3n) is 4.06. The van der Waals surface area contributed by atoms with Gasteiger partial charge in [-0.3, -0.25) is 9.59 Å². The van der Waals surface area contributed by atoms with Crippen molar-refractivity contribution in [3.8, 4) is 0 Å². The first-order valence-electron chi connectivity index (χ1n) is 7.50. The smallest absolute Gasteiger partial charge is 0.241 e. The molecule has 0 saturated heterocycles. The van der Waals surface area contributed by atoms with Crippen LogP contribution in [-0.4, -0.2) is 17.9 Å². The summed E-state index contributed by atoms with van der Waals surface area (Å²) >= 11 is 0. The highest BCUT2D eigenvalue weighted by molar-refractivity contribution is 5.96. The number of fused-ring (bicyclic) bond motifs is 1. The third kappa shape index (κ3) is 4.45. The number of hydrogen-bond donors (Lipinski definition) is 3. The molecule has 22 heavy (non-hydrogen) atoms. The molecule has 0 radical (unpaired) electrons. The van der Waals surface area contributed by atoms with E-state index in [-0.39, 0.29) is 30.1 Å². The molecule has 1 aromatic carbocycles.